The number of fused-ring (bicyclic) bond motifs is 1. The molecule has 2 heterocycles. The third-order valence-corrected chi connectivity index (χ3v) is 4.12. The lowest BCUT2D eigenvalue weighted by atomic mass is 9.79. The van der Waals surface area contributed by atoms with Crippen molar-refractivity contribution in [1.29, 1.82) is 5.26 Å². The maximum absolute atomic E-state index is 9.65. The number of allylic oxidation sites excluding steroid dienone is 1. The van der Waals surface area contributed by atoms with Crippen LogP contribution in [0.5, 0.6) is 11.6 Å². The van der Waals surface area contributed by atoms with Gasteiger partial charge in [-0.1, -0.05) is 32.9 Å². The number of hydrogen-bond donors (Lipinski definition) is 2. The van der Waals surface area contributed by atoms with Crippen LogP contribution in [0.2, 0.25) is 0 Å². The van der Waals surface area contributed by atoms with Gasteiger partial charge < -0.3 is 15.2 Å². The molecule has 6 nitrogen and oxygen atoms in total. The lowest BCUT2D eigenvalue weighted by molar-refractivity contribution is 0.377. The zero-order valence-corrected chi connectivity index (χ0v) is 14.2. The molecule has 124 valence electrons. The van der Waals surface area contributed by atoms with Gasteiger partial charge in [0.15, 0.2) is 0 Å². The third-order valence-electron chi connectivity index (χ3n) is 4.12. The molecular weight excluding hydrogens is 304 g/mol. The number of nitrogens with zero attached hydrogens (tertiary/aromatic N) is 2. The van der Waals surface area contributed by atoms with E-state index in [2.05, 4.69) is 37.0 Å². The monoisotopic (exact) mass is 324 g/mol. The Bertz CT molecular complexity index is 853. The van der Waals surface area contributed by atoms with E-state index in [1.165, 1.54) is 0 Å². The largest absolute Gasteiger partial charge is 0.497 e. The number of ether oxygens (including phenoxy) is 2. The summed E-state index contributed by atoms with van der Waals surface area (Å²) in [6.07, 6.45) is 0. The van der Waals surface area contributed by atoms with Crippen LogP contribution in [0.15, 0.2) is 35.7 Å². The molecule has 0 bridgehead atoms. The van der Waals surface area contributed by atoms with Crippen molar-refractivity contribution in [3.8, 4) is 17.7 Å². The number of nitriles is 1. The molecule has 0 fully saturated rings. The van der Waals surface area contributed by atoms with E-state index in [0.29, 0.717) is 11.5 Å². The van der Waals surface area contributed by atoms with E-state index >= 15 is 0 Å². The molecule has 1 atom stereocenters. The highest BCUT2D eigenvalue weighted by Crippen LogP contribution is 2.45. The second-order valence-electron chi connectivity index (χ2n) is 6.77. The summed E-state index contributed by atoms with van der Waals surface area (Å²) in [6.45, 7) is 6.24. The summed E-state index contributed by atoms with van der Waals surface area (Å²) in [5.74, 6) is 0.882. The number of nitrogens with one attached hydrogen (secondary N) is 1. The zero-order chi connectivity index (χ0) is 17.5. The van der Waals surface area contributed by atoms with E-state index in [1.807, 2.05) is 24.3 Å². The highest BCUT2D eigenvalue weighted by atomic mass is 16.5. The van der Waals surface area contributed by atoms with Crippen LogP contribution >= 0.6 is 0 Å². The molecule has 1 aromatic heterocycles. The molecule has 1 unspecified atom stereocenters. The Kier molecular flexibility index (Phi) is 3.72. The topological polar surface area (TPSA) is 96.9 Å². The minimum absolute atomic E-state index is 0.0878. The van der Waals surface area contributed by atoms with Crippen LogP contribution < -0.4 is 15.2 Å². The molecule has 3 N–H and O–H groups in total. The summed E-state index contributed by atoms with van der Waals surface area (Å²) in [6, 6.07) is 9.81. The second kappa shape index (κ2) is 5.60. The summed E-state index contributed by atoms with van der Waals surface area (Å²) in [4.78, 5) is 0. The van der Waals surface area contributed by atoms with Gasteiger partial charge in [-0.25, -0.2) is 0 Å². The van der Waals surface area contributed by atoms with Crippen LogP contribution in [0.3, 0.4) is 0 Å². The molecule has 3 rings (SSSR count). The molecule has 2 aromatic rings. The Morgan fingerprint density at radius 1 is 1.38 bits per heavy atom. The fourth-order valence-electron chi connectivity index (χ4n) is 2.97. The summed E-state index contributed by atoms with van der Waals surface area (Å²) in [7, 11) is 1.61. The fraction of sp³-hybridized carbons (Fsp3) is 0.333. The third kappa shape index (κ3) is 2.48. The van der Waals surface area contributed by atoms with Crippen molar-refractivity contribution in [2.45, 2.75) is 32.1 Å². The molecule has 6 heteroatoms. The number of methoxy groups -OCH3 is 1. The van der Waals surface area contributed by atoms with Crippen molar-refractivity contribution in [2.75, 3.05) is 7.11 Å². The molecule has 24 heavy (non-hydrogen) atoms. The van der Waals surface area contributed by atoms with Crippen molar-refractivity contribution < 1.29 is 9.47 Å². The van der Waals surface area contributed by atoms with E-state index < -0.39 is 0 Å². The van der Waals surface area contributed by atoms with E-state index in [4.69, 9.17) is 15.2 Å². The smallest absolute Gasteiger partial charge is 0.244 e. The molecule has 1 aromatic carbocycles. The maximum atomic E-state index is 9.65. The zero-order valence-electron chi connectivity index (χ0n) is 14.2. The van der Waals surface area contributed by atoms with Gasteiger partial charge in [-0.3, -0.25) is 5.10 Å². The van der Waals surface area contributed by atoms with E-state index in [-0.39, 0.29) is 17.2 Å². The minimum Gasteiger partial charge on any atom is -0.497 e. The minimum atomic E-state index is -0.346. The predicted octanol–water partition coefficient (Wildman–Crippen LogP) is 2.93. The van der Waals surface area contributed by atoms with Crippen molar-refractivity contribution in [1.82, 2.24) is 10.2 Å². The first-order valence-corrected chi connectivity index (χ1v) is 7.67. The highest BCUT2D eigenvalue weighted by molar-refractivity contribution is 5.56. The van der Waals surface area contributed by atoms with Gasteiger partial charge in [-0.15, -0.1) is 5.10 Å². The lowest BCUT2D eigenvalue weighted by Gasteiger charge is -2.27. The van der Waals surface area contributed by atoms with Gasteiger partial charge in [0, 0.05) is 11.1 Å². The SMILES string of the molecule is COc1cccc(C2C(C#N)=C(N)Oc3n[nH]c(C(C)(C)C)c32)c1. The van der Waals surface area contributed by atoms with Crippen molar-refractivity contribution in [3.63, 3.8) is 0 Å². The van der Waals surface area contributed by atoms with Crippen molar-refractivity contribution in [2.24, 2.45) is 5.73 Å². The van der Waals surface area contributed by atoms with Crippen LogP contribution in [-0.4, -0.2) is 17.3 Å². The summed E-state index contributed by atoms with van der Waals surface area (Å²) in [5, 5.41) is 17.0. The van der Waals surface area contributed by atoms with E-state index in [9.17, 15) is 5.26 Å². The molecule has 0 radical (unpaired) electrons. The Morgan fingerprint density at radius 3 is 2.75 bits per heavy atom. The van der Waals surface area contributed by atoms with Crippen LogP contribution in [0, 0.1) is 11.3 Å². The standard InChI is InChI=1S/C18H20N4O2/c1-18(2,3)15-14-13(10-6-5-7-11(8-10)23-4)12(9-19)16(20)24-17(14)22-21-15/h5-8,13H,20H2,1-4H3,(H,21,22). The first-order valence-electron chi connectivity index (χ1n) is 7.67. The molecule has 0 aliphatic carbocycles. The number of rotatable bonds is 2. The molecule has 0 saturated heterocycles. The number of aromatic amines is 1. The highest BCUT2D eigenvalue weighted by Gasteiger charge is 2.38. The van der Waals surface area contributed by atoms with Crippen LogP contribution in [0.1, 0.15) is 43.5 Å². The van der Waals surface area contributed by atoms with Gasteiger partial charge in [0.2, 0.25) is 11.8 Å². The van der Waals surface area contributed by atoms with E-state index in [0.717, 1.165) is 22.6 Å². The first-order chi connectivity index (χ1) is 11.4. The number of H-pyrrole nitrogens is 1. The lowest BCUT2D eigenvalue weighted by Crippen LogP contribution is -2.23. The van der Waals surface area contributed by atoms with E-state index in [1.54, 1.807) is 7.11 Å². The Morgan fingerprint density at radius 2 is 2.12 bits per heavy atom. The summed E-state index contributed by atoms with van der Waals surface area (Å²) in [5.41, 5.74) is 8.84. The van der Waals surface area contributed by atoms with Gasteiger partial charge in [0.05, 0.1) is 18.6 Å². The van der Waals surface area contributed by atoms with Gasteiger partial charge in [-0.2, -0.15) is 5.26 Å². The van der Waals surface area contributed by atoms with Gasteiger partial charge >= 0.3 is 0 Å². The first kappa shape index (κ1) is 15.9. The average molecular weight is 324 g/mol. The molecule has 0 spiro atoms. The summed E-state index contributed by atoms with van der Waals surface area (Å²) >= 11 is 0. The van der Waals surface area contributed by atoms with Crippen LogP contribution in [0.4, 0.5) is 0 Å². The van der Waals surface area contributed by atoms with Crippen molar-refractivity contribution in [3.05, 3.63) is 52.5 Å². The molecular formula is C18H20N4O2. The van der Waals surface area contributed by atoms with Gasteiger partial charge in [0.25, 0.3) is 0 Å². The Balaban J connectivity index is 2.26. The quantitative estimate of drug-likeness (QED) is 0.885. The summed E-state index contributed by atoms with van der Waals surface area (Å²) < 4.78 is 10.9. The maximum Gasteiger partial charge on any atom is 0.244 e. The van der Waals surface area contributed by atoms with Crippen molar-refractivity contribution >= 4 is 0 Å². The number of nitrogens with two attached hydrogens (primary N) is 1. The molecule has 1 aliphatic heterocycles. The number of hydrogen-bond acceptors (Lipinski definition) is 5. The van der Waals surface area contributed by atoms with Gasteiger partial charge in [0.1, 0.15) is 17.4 Å². The normalized spacial score (nSPS) is 17.0. The van der Waals surface area contributed by atoms with Crippen LogP contribution in [0.25, 0.3) is 0 Å². The molecule has 0 amide bonds. The Labute approximate surface area is 140 Å². The number of aromatic nitrogens is 2. The molecule has 1 aliphatic rings. The van der Waals surface area contributed by atoms with Gasteiger partial charge in [-0.05, 0) is 17.7 Å². The second-order valence-corrected chi connectivity index (χ2v) is 6.77. The van der Waals surface area contributed by atoms with Crippen LogP contribution in [-0.2, 0) is 5.41 Å². The molecule has 0 saturated carbocycles. The number of benzene rings is 1. The predicted molar refractivity (Wildman–Crippen MR) is 89.6 cm³/mol. The average Bonchev–Trinajstić information content (AvgIpc) is 2.97. The Hall–Kier alpha value is -2.94. The fourth-order valence-corrected chi connectivity index (χ4v) is 2.97.